The van der Waals surface area contributed by atoms with E-state index in [1.807, 2.05) is 13.8 Å². The fourth-order valence-electron chi connectivity index (χ4n) is 1.48. The van der Waals surface area contributed by atoms with Gasteiger partial charge in [-0.3, -0.25) is 0 Å². The summed E-state index contributed by atoms with van der Waals surface area (Å²) in [5.41, 5.74) is 0.668. The summed E-state index contributed by atoms with van der Waals surface area (Å²) in [6.07, 6.45) is 0.365. The zero-order chi connectivity index (χ0) is 14.3. The molecule has 106 valence electrons. The van der Waals surface area contributed by atoms with Crippen molar-refractivity contribution in [1.29, 1.82) is 0 Å². The molecule has 1 aromatic carbocycles. The lowest BCUT2D eigenvalue weighted by Crippen LogP contribution is -2.03. The van der Waals surface area contributed by atoms with Gasteiger partial charge >= 0.3 is 5.97 Å². The summed E-state index contributed by atoms with van der Waals surface area (Å²) in [6.45, 7) is 4.78. The van der Waals surface area contributed by atoms with E-state index in [2.05, 4.69) is 4.74 Å². The molecule has 1 aromatic rings. The van der Waals surface area contributed by atoms with Crippen molar-refractivity contribution < 1.29 is 23.0 Å². The molecule has 0 fully saturated rings. The van der Waals surface area contributed by atoms with E-state index < -0.39 is 20.2 Å². The SMILES string of the molecule is CCOP(Cc1ccc(C(=O)OC)cc1F)OCC. The van der Waals surface area contributed by atoms with Crippen LogP contribution in [0.15, 0.2) is 18.2 Å². The molecule has 0 spiro atoms. The highest BCUT2D eigenvalue weighted by Gasteiger charge is 2.15. The number of carbonyl (C=O) groups excluding carboxylic acids is 1. The normalized spacial score (nSPS) is 10.8. The molecule has 6 heteroatoms. The van der Waals surface area contributed by atoms with Gasteiger partial charge in [-0.15, -0.1) is 0 Å². The number of esters is 1. The van der Waals surface area contributed by atoms with Crippen molar-refractivity contribution in [2.24, 2.45) is 0 Å². The summed E-state index contributed by atoms with van der Waals surface area (Å²) >= 11 is 0. The van der Waals surface area contributed by atoms with Crippen molar-refractivity contribution in [3.05, 3.63) is 35.1 Å². The lowest BCUT2D eigenvalue weighted by molar-refractivity contribution is 0.0600. The molecule has 0 aliphatic heterocycles. The van der Waals surface area contributed by atoms with E-state index in [1.54, 1.807) is 6.07 Å². The largest absolute Gasteiger partial charge is 0.465 e. The van der Waals surface area contributed by atoms with Gasteiger partial charge in [0.05, 0.1) is 25.9 Å². The summed E-state index contributed by atoms with van der Waals surface area (Å²) in [5, 5.41) is 0. The van der Waals surface area contributed by atoms with Crippen molar-refractivity contribution in [3.8, 4) is 0 Å². The fourth-order valence-corrected chi connectivity index (χ4v) is 2.84. The molecule has 0 radical (unpaired) electrons. The molecule has 0 saturated carbocycles. The number of hydrogen-bond acceptors (Lipinski definition) is 4. The lowest BCUT2D eigenvalue weighted by atomic mass is 10.1. The molecule has 19 heavy (non-hydrogen) atoms. The van der Waals surface area contributed by atoms with Gasteiger partial charge in [-0.25, -0.2) is 9.18 Å². The molecule has 0 atom stereocenters. The molecule has 0 saturated heterocycles. The molecule has 4 nitrogen and oxygen atoms in total. The zero-order valence-electron chi connectivity index (χ0n) is 11.3. The Kier molecular flexibility index (Phi) is 6.92. The Morgan fingerprint density at radius 2 is 1.89 bits per heavy atom. The quantitative estimate of drug-likeness (QED) is 0.569. The minimum Gasteiger partial charge on any atom is -0.465 e. The van der Waals surface area contributed by atoms with Crippen LogP contribution in [0.2, 0.25) is 0 Å². The highest BCUT2D eigenvalue weighted by Crippen LogP contribution is 2.42. The van der Waals surface area contributed by atoms with Crippen LogP contribution in [-0.2, 0) is 19.9 Å². The Morgan fingerprint density at radius 3 is 2.37 bits per heavy atom. The highest BCUT2D eigenvalue weighted by molar-refractivity contribution is 7.46. The van der Waals surface area contributed by atoms with Crippen LogP contribution in [0.4, 0.5) is 4.39 Å². The molecule has 0 bridgehead atoms. The van der Waals surface area contributed by atoms with Gasteiger partial charge in [-0.05, 0) is 31.5 Å². The second-order valence-corrected chi connectivity index (χ2v) is 5.12. The van der Waals surface area contributed by atoms with E-state index in [0.717, 1.165) is 0 Å². The molecular weight excluding hydrogens is 270 g/mol. The van der Waals surface area contributed by atoms with Gasteiger partial charge in [-0.2, -0.15) is 0 Å². The van der Waals surface area contributed by atoms with E-state index in [0.29, 0.717) is 24.9 Å². The first kappa shape index (κ1) is 16.0. The van der Waals surface area contributed by atoms with Gasteiger partial charge in [0.15, 0.2) is 8.38 Å². The van der Waals surface area contributed by atoms with Crippen molar-refractivity contribution in [2.75, 3.05) is 20.3 Å². The van der Waals surface area contributed by atoms with Crippen molar-refractivity contribution in [2.45, 2.75) is 20.0 Å². The predicted molar refractivity (Wildman–Crippen MR) is 71.6 cm³/mol. The molecule has 0 heterocycles. The maximum atomic E-state index is 13.9. The standard InChI is InChI=1S/C13H18FO4P/c1-4-17-19(18-5-2)9-11-7-6-10(8-12(11)14)13(15)16-3/h6-8H,4-5,9H2,1-3H3. The zero-order valence-corrected chi connectivity index (χ0v) is 12.2. The Morgan fingerprint density at radius 1 is 1.26 bits per heavy atom. The number of benzene rings is 1. The third-order valence-electron chi connectivity index (χ3n) is 2.32. The molecule has 0 aliphatic rings. The van der Waals surface area contributed by atoms with Crippen LogP contribution in [0.5, 0.6) is 0 Å². The van der Waals surface area contributed by atoms with Gasteiger partial charge in [0.25, 0.3) is 0 Å². The summed E-state index contributed by atoms with van der Waals surface area (Å²) in [7, 11) is 0.123. The average Bonchev–Trinajstić information content (AvgIpc) is 2.40. The van der Waals surface area contributed by atoms with E-state index in [9.17, 15) is 9.18 Å². The number of rotatable bonds is 7. The minimum atomic E-state index is -1.14. The molecular formula is C13H18FO4P. The molecule has 0 amide bonds. The maximum absolute atomic E-state index is 13.9. The number of ether oxygens (including phenoxy) is 1. The van der Waals surface area contributed by atoms with Crippen molar-refractivity contribution in [3.63, 3.8) is 0 Å². The summed E-state index contributed by atoms with van der Waals surface area (Å²) in [4.78, 5) is 11.3. The molecule has 0 aliphatic carbocycles. The van der Waals surface area contributed by atoms with Crippen LogP contribution in [-0.4, -0.2) is 26.3 Å². The van der Waals surface area contributed by atoms with E-state index in [4.69, 9.17) is 9.05 Å². The minimum absolute atomic E-state index is 0.195. The van der Waals surface area contributed by atoms with E-state index >= 15 is 0 Å². The Bertz CT molecular complexity index is 419. The molecule has 1 rings (SSSR count). The van der Waals surface area contributed by atoms with Gasteiger partial charge in [0.2, 0.25) is 0 Å². The first-order valence-corrected chi connectivity index (χ1v) is 7.38. The summed E-state index contributed by atoms with van der Waals surface area (Å²) in [6, 6.07) is 4.27. The van der Waals surface area contributed by atoms with E-state index in [1.165, 1.54) is 19.2 Å². The van der Waals surface area contributed by atoms with Crippen LogP contribution >= 0.6 is 8.38 Å². The number of halogens is 1. The average molecular weight is 288 g/mol. The van der Waals surface area contributed by atoms with Crippen LogP contribution in [0.25, 0.3) is 0 Å². The molecule has 0 aromatic heterocycles. The number of hydrogen-bond donors (Lipinski definition) is 0. The van der Waals surface area contributed by atoms with Crippen LogP contribution in [0.1, 0.15) is 29.8 Å². The third kappa shape index (κ3) is 4.86. The lowest BCUT2D eigenvalue weighted by Gasteiger charge is -2.16. The fraction of sp³-hybridized carbons (Fsp3) is 0.462. The van der Waals surface area contributed by atoms with Crippen LogP contribution in [0, 0.1) is 5.82 Å². The van der Waals surface area contributed by atoms with Gasteiger partial charge < -0.3 is 13.8 Å². The van der Waals surface area contributed by atoms with Crippen LogP contribution in [0.3, 0.4) is 0 Å². The van der Waals surface area contributed by atoms with Crippen molar-refractivity contribution >= 4 is 14.3 Å². The summed E-state index contributed by atoms with van der Waals surface area (Å²) < 4.78 is 29.3. The van der Waals surface area contributed by atoms with E-state index in [-0.39, 0.29) is 5.56 Å². The summed E-state index contributed by atoms with van der Waals surface area (Å²) in [5.74, 6) is -1.00. The molecule has 0 unspecified atom stereocenters. The highest BCUT2D eigenvalue weighted by atomic mass is 31.2. The number of methoxy groups -OCH3 is 1. The molecule has 0 N–H and O–H groups in total. The Hall–Kier alpha value is -1.03. The maximum Gasteiger partial charge on any atom is 0.337 e. The second-order valence-electron chi connectivity index (χ2n) is 3.62. The monoisotopic (exact) mass is 288 g/mol. The second kappa shape index (κ2) is 8.20. The smallest absolute Gasteiger partial charge is 0.337 e. The van der Waals surface area contributed by atoms with Crippen molar-refractivity contribution in [1.82, 2.24) is 0 Å². The van der Waals surface area contributed by atoms with Gasteiger partial charge in [0, 0.05) is 6.16 Å². The van der Waals surface area contributed by atoms with Gasteiger partial charge in [-0.1, -0.05) is 6.07 Å². The first-order chi connectivity index (χ1) is 9.12. The predicted octanol–water partition coefficient (Wildman–Crippen LogP) is 3.50. The topological polar surface area (TPSA) is 44.8 Å². The first-order valence-electron chi connectivity index (χ1n) is 6.02. The Balaban J connectivity index is 2.80. The third-order valence-corrected chi connectivity index (χ3v) is 4.01. The Labute approximate surface area is 113 Å². The van der Waals surface area contributed by atoms with Gasteiger partial charge in [0.1, 0.15) is 5.82 Å². The van der Waals surface area contributed by atoms with Crippen LogP contribution < -0.4 is 0 Å². The number of carbonyl (C=O) groups is 1.